The number of aromatic nitrogens is 3. The minimum atomic E-state index is -2.96. The summed E-state index contributed by atoms with van der Waals surface area (Å²) >= 11 is 2.27. The normalized spacial score (nSPS) is 11.2. The Hall–Kier alpha value is -3.18. The Kier molecular flexibility index (Phi) is 5.31. The van der Waals surface area contributed by atoms with Crippen molar-refractivity contribution in [1.82, 2.24) is 14.5 Å². The highest BCUT2D eigenvalue weighted by Gasteiger charge is 2.20. The number of hydrogen-bond acceptors (Lipinski definition) is 7. The summed E-state index contributed by atoms with van der Waals surface area (Å²) in [5.41, 5.74) is 1.11. The molecule has 0 radical (unpaired) electrons. The van der Waals surface area contributed by atoms with E-state index in [9.17, 15) is 18.4 Å². The zero-order valence-electron chi connectivity index (χ0n) is 15.7. The Morgan fingerprint density at radius 2 is 2.07 bits per heavy atom. The molecular weight excluding hydrogens is 434 g/mol. The third kappa shape index (κ3) is 3.68. The summed E-state index contributed by atoms with van der Waals surface area (Å²) in [5.74, 6) is -0.423. The minimum Gasteiger partial charge on any atom is -0.434 e. The Labute approximate surface area is 176 Å². The van der Waals surface area contributed by atoms with Gasteiger partial charge in [0.1, 0.15) is 10.6 Å². The van der Waals surface area contributed by atoms with E-state index in [4.69, 9.17) is 0 Å². The third-order valence-corrected chi connectivity index (χ3v) is 6.28. The number of thiophene rings is 1. The highest BCUT2D eigenvalue weighted by Crippen LogP contribution is 2.34. The number of carbonyl (C=O) groups is 1. The number of fused-ring (bicyclic) bond motifs is 1. The van der Waals surface area contributed by atoms with Crippen molar-refractivity contribution < 1.29 is 18.3 Å². The molecule has 0 saturated heterocycles. The molecule has 0 bridgehead atoms. The molecule has 11 heteroatoms. The molecule has 154 valence electrons. The van der Waals surface area contributed by atoms with E-state index in [1.165, 1.54) is 17.0 Å². The first kappa shape index (κ1) is 20.1. The third-order valence-electron chi connectivity index (χ3n) is 4.32. The van der Waals surface area contributed by atoms with Crippen molar-refractivity contribution in [3.8, 4) is 17.0 Å². The van der Waals surface area contributed by atoms with Crippen molar-refractivity contribution in [3.05, 3.63) is 56.8 Å². The number of benzene rings is 1. The van der Waals surface area contributed by atoms with Gasteiger partial charge in [0.05, 0.1) is 22.3 Å². The largest absolute Gasteiger partial charge is 0.434 e. The van der Waals surface area contributed by atoms with E-state index in [2.05, 4.69) is 20.0 Å². The number of thiazole rings is 1. The van der Waals surface area contributed by atoms with E-state index in [-0.39, 0.29) is 11.3 Å². The van der Waals surface area contributed by atoms with Crippen LogP contribution in [0.25, 0.3) is 21.5 Å². The summed E-state index contributed by atoms with van der Waals surface area (Å²) in [7, 11) is 1.60. The molecule has 0 saturated carbocycles. The van der Waals surface area contributed by atoms with Crippen LogP contribution in [0.15, 0.2) is 40.8 Å². The monoisotopic (exact) mass is 448 g/mol. The number of aryl methyl sites for hydroxylation is 2. The van der Waals surface area contributed by atoms with Crippen LogP contribution in [0, 0.1) is 6.92 Å². The van der Waals surface area contributed by atoms with Crippen molar-refractivity contribution in [2.24, 2.45) is 7.05 Å². The first-order valence-electron chi connectivity index (χ1n) is 8.61. The molecule has 1 N–H and O–H groups in total. The van der Waals surface area contributed by atoms with Gasteiger partial charge in [-0.15, -0.1) is 22.7 Å². The van der Waals surface area contributed by atoms with E-state index in [1.54, 1.807) is 37.6 Å². The Balaban J connectivity index is 1.62. The van der Waals surface area contributed by atoms with Crippen molar-refractivity contribution >= 4 is 43.9 Å². The van der Waals surface area contributed by atoms with Gasteiger partial charge in [-0.3, -0.25) is 14.9 Å². The molecule has 4 rings (SSSR count). The van der Waals surface area contributed by atoms with E-state index in [0.29, 0.717) is 37.0 Å². The van der Waals surface area contributed by atoms with Crippen LogP contribution >= 0.6 is 22.7 Å². The number of hydrogen-bond donors (Lipinski definition) is 1. The van der Waals surface area contributed by atoms with Gasteiger partial charge in [-0.05, 0) is 24.6 Å². The average molecular weight is 448 g/mol. The van der Waals surface area contributed by atoms with E-state index in [0.717, 1.165) is 22.7 Å². The summed E-state index contributed by atoms with van der Waals surface area (Å²) in [6, 6.07) is 6.29. The van der Waals surface area contributed by atoms with Crippen molar-refractivity contribution in [1.29, 1.82) is 0 Å². The van der Waals surface area contributed by atoms with Gasteiger partial charge in [0.25, 0.3) is 11.5 Å². The molecule has 1 aromatic carbocycles. The smallest absolute Gasteiger partial charge is 0.387 e. The average Bonchev–Trinajstić information content (AvgIpc) is 3.29. The number of ether oxygens (including phenoxy) is 1. The highest BCUT2D eigenvalue weighted by atomic mass is 32.1. The van der Waals surface area contributed by atoms with Crippen molar-refractivity contribution in [2.45, 2.75) is 13.5 Å². The number of anilines is 1. The molecule has 0 aliphatic heterocycles. The second kappa shape index (κ2) is 7.92. The second-order valence-corrected chi connectivity index (χ2v) is 8.12. The molecule has 0 spiro atoms. The van der Waals surface area contributed by atoms with Crippen LogP contribution in [0.2, 0.25) is 0 Å². The molecule has 3 aromatic heterocycles. The van der Waals surface area contributed by atoms with Crippen molar-refractivity contribution in [2.75, 3.05) is 5.32 Å². The van der Waals surface area contributed by atoms with Crippen LogP contribution < -0.4 is 15.6 Å². The predicted molar refractivity (Wildman–Crippen MR) is 112 cm³/mol. The van der Waals surface area contributed by atoms with Gasteiger partial charge in [-0.25, -0.2) is 9.97 Å². The number of para-hydroxylation sites is 1. The molecule has 4 aromatic rings. The first-order chi connectivity index (χ1) is 14.3. The molecule has 30 heavy (non-hydrogen) atoms. The fourth-order valence-corrected chi connectivity index (χ4v) is 4.65. The molecular formula is C19H14F2N4O3S2. The number of nitrogens with one attached hydrogen (secondary N) is 1. The summed E-state index contributed by atoms with van der Waals surface area (Å²) in [5, 5.41) is 5.04. The lowest BCUT2D eigenvalue weighted by Gasteiger charge is -2.08. The Morgan fingerprint density at radius 1 is 1.30 bits per heavy atom. The van der Waals surface area contributed by atoms with Gasteiger partial charge in [-0.1, -0.05) is 12.1 Å². The molecule has 0 unspecified atom stereocenters. The fourth-order valence-electron chi connectivity index (χ4n) is 2.91. The summed E-state index contributed by atoms with van der Waals surface area (Å²) < 4.78 is 31.2. The number of halogens is 2. The van der Waals surface area contributed by atoms with Gasteiger partial charge < -0.3 is 9.30 Å². The lowest BCUT2D eigenvalue weighted by Crippen LogP contribution is -2.17. The number of nitrogens with zero attached hydrogens (tertiary/aromatic N) is 3. The highest BCUT2D eigenvalue weighted by molar-refractivity contribution is 7.21. The molecule has 3 heterocycles. The fraction of sp³-hybridized carbons (Fsp3) is 0.158. The summed E-state index contributed by atoms with van der Waals surface area (Å²) in [4.78, 5) is 34.5. The van der Waals surface area contributed by atoms with Crippen LogP contribution in [0.4, 0.5) is 13.9 Å². The standard InChI is InChI=1S/C19H14F2N4O3S2/c1-9-13-16(22-8-25(2)17(13)27)30-14(9)15(26)24-19-23-11(7-29-19)10-5-3-4-6-12(10)28-18(20)21/h3-8,18H,1-2H3,(H,23,24,26). The van der Waals surface area contributed by atoms with Crippen LogP contribution in [-0.2, 0) is 7.05 Å². The lowest BCUT2D eigenvalue weighted by atomic mass is 10.1. The minimum absolute atomic E-state index is 0.00190. The number of carbonyl (C=O) groups excluding carboxylic acids is 1. The van der Waals surface area contributed by atoms with E-state index in [1.807, 2.05) is 0 Å². The SMILES string of the molecule is Cc1c(C(=O)Nc2nc(-c3ccccc3OC(F)F)cs2)sc2ncn(C)c(=O)c12. The van der Waals surface area contributed by atoms with Crippen LogP contribution in [0.1, 0.15) is 15.2 Å². The van der Waals surface area contributed by atoms with Crippen LogP contribution in [-0.4, -0.2) is 27.1 Å². The lowest BCUT2D eigenvalue weighted by molar-refractivity contribution is -0.0494. The van der Waals surface area contributed by atoms with Gasteiger partial charge >= 0.3 is 6.61 Å². The van der Waals surface area contributed by atoms with Gasteiger partial charge in [0, 0.05) is 18.0 Å². The number of alkyl halides is 2. The topological polar surface area (TPSA) is 86.1 Å². The Bertz CT molecular complexity index is 1310. The molecule has 0 aliphatic rings. The summed E-state index contributed by atoms with van der Waals surface area (Å²) in [6.07, 6.45) is 1.41. The van der Waals surface area contributed by atoms with Crippen LogP contribution in [0.5, 0.6) is 5.75 Å². The number of rotatable bonds is 5. The molecule has 7 nitrogen and oxygen atoms in total. The second-order valence-electron chi connectivity index (χ2n) is 6.26. The van der Waals surface area contributed by atoms with E-state index >= 15 is 0 Å². The van der Waals surface area contributed by atoms with E-state index < -0.39 is 12.5 Å². The van der Waals surface area contributed by atoms with Gasteiger partial charge in [-0.2, -0.15) is 8.78 Å². The maximum absolute atomic E-state index is 12.8. The summed E-state index contributed by atoms with van der Waals surface area (Å²) in [6.45, 7) is -1.26. The number of amides is 1. The zero-order chi connectivity index (χ0) is 21.4. The van der Waals surface area contributed by atoms with Gasteiger partial charge in [0.2, 0.25) is 0 Å². The van der Waals surface area contributed by atoms with Crippen molar-refractivity contribution in [3.63, 3.8) is 0 Å². The van der Waals surface area contributed by atoms with Gasteiger partial charge in [0.15, 0.2) is 5.13 Å². The quantitative estimate of drug-likeness (QED) is 0.493. The molecule has 0 aliphatic carbocycles. The molecule has 0 fully saturated rings. The first-order valence-corrected chi connectivity index (χ1v) is 10.3. The molecule has 0 atom stereocenters. The maximum Gasteiger partial charge on any atom is 0.387 e. The molecule has 1 amide bonds. The predicted octanol–water partition coefficient (Wildman–Crippen LogP) is 4.28. The Morgan fingerprint density at radius 3 is 2.83 bits per heavy atom. The zero-order valence-corrected chi connectivity index (χ0v) is 17.3. The van der Waals surface area contributed by atoms with Crippen LogP contribution in [0.3, 0.4) is 0 Å². The maximum atomic E-state index is 12.8.